The van der Waals surface area contributed by atoms with Crippen molar-refractivity contribution in [2.24, 2.45) is 0 Å². The van der Waals surface area contributed by atoms with Crippen LogP contribution in [0.5, 0.6) is 11.5 Å². The number of aryl methyl sites for hydroxylation is 2. The Bertz CT molecular complexity index is 858. The number of aliphatic hydroxyl groups is 2. The molecule has 0 aliphatic carbocycles. The zero-order valence-electron chi connectivity index (χ0n) is 16.6. The van der Waals surface area contributed by atoms with Crippen LogP contribution in [0.4, 0.5) is 0 Å². The number of hydrogen-bond acceptors (Lipinski definition) is 5. The van der Waals surface area contributed by atoms with E-state index in [0.29, 0.717) is 24.3 Å². The molecule has 1 spiro atoms. The van der Waals surface area contributed by atoms with Gasteiger partial charge in [-0.3, -0.25) is 0 Å². The molecular weight excluding hydrogens is 354 g/mol. The summed E-state index contributed by atoms with van der Waals surface area (Å²) in [6.45, 7) is 6.39. The monoisotopic (exact) mass is 383 g/mol. The number of nitrogens with zero attached hydrogens (tertiary/aromatic N) is 1. The lowest BCUT2D eigenvalue weighted by Crippen LogP contribution is -2.51. The fraction of sp³-hybridized carbons (Fsp3) is 0.478. The molecule has 28 heavy (non-hydrogen) atoms. The molecule has 2 heterocycles. The van der Waals surface area contributed by atoms with Gasteiger partial charge in [0, 0.05) is 31.6 Å². The number of aliphatic hydroxyl groups excluding tert-OH is 2. The molecule has 1 fully saturated rings. The van der Waals surface area contributed by atoms with Gasteiger partial charge < -0.3 is 25.0 Å². The highest BCUT2D eigenvalue weighted by molar-refractivity contribution is 5.43. The van der Waals surface area contributed by atoms with Gasteiger partial charge in [-0.1, -0.05) is 18.2 Å². The Morgan fingerprint density at radius 2 is 1.86 bits per heavy atom. The maximum atomic E-state index is 10.7. The van der Waals surface area contributed by atoms with E-state index in [4.69, 9.17) is 4.74 Å². The van der Waals surface area contributed by atoms with E-state index in [0.717, 1.165) is 31.5 Å². The first-order valence-electron chi connectivity index (χ1n) is 10.0. The van der Waals surface area contributed by atoms with Gasteiger partial charge in [-0.05, 0) is 61.6 Å². The predicted molar refractivity (Wildman–Crippen MR) is 108 cm³/mol. The van der Waals surface area contributed by atoms with Crippen molar-refractivity contribution in [2.45, 2.75) is 50.9 Å². The second-order valence-electron chi connectivity index (χ2n) is 8.39. The maximum Gasteiger partial charge on any atom is 0.126 e. The van der Waals surface area contributed by atoms with Crippen LogP contribution in [0.25, 0.3) is 0 Å². The minimum Gasteiger partial charge on any atom is -0.508 e. The number of β-amino-alcohol motifs (C(OH)–C–C–N with tert-alkyl or cyclic N) is 1. The van der Waals surface area contributed by atoms with E-state index in [1.165, 1.54) is 11.1 Å². The van der Waals surface area contributed by atoms with Gasteiger partial charge >= 0.3 is 0 Å². The van der Waals surface area contributed by atoms with Crippen molar-refractivity contribution in [3.8, 4) is 11.5 Å². The van der Waals surface area contributed by atoms with Crippen LogP contribution in [0.3, 0.4) is 0 Å². The lowest BCUT2D eigenvalue weighted by molar-refractivity contribution is -0.0588. The summed E-state index contributed by atoms with van der Waals surface area (Å²) in [5, 5.41) is 30.9. The van der Waals surface area contributed by atoms with Gasteiger partial charge in [-0.15, -0.1) is 0 Å². The van der Waals surface area contributed by atoms with Gasteiger partial charge in [0.25, 0.3) is 0 Å². The van der Waals surface area contributed by atoms with E-state index in [9.17, 15) is 15.3 Å². The Balaban J connectivity index is 1.39. The third kappa shape index (κ3) is 3.75. The maximum absolute atomic E-state index is 10.7. The third-order valence-electron chi connectivity index (χ3n) is 6.36. The number of piperidine rings is 1. The van der Waals surface area contributed by atoms with Crippen LogP contribution in [-0.4, -0.2) is 45.5 Å². The van der Waals surface area contributed by atoms with Gasteiger partial charge in [0.05, 0.1) is 12.2 Å². The van der Waals surface area contributed by atoms with Crippen LogP contribution in [0.2, 0.25) is 0 Å². The number of fused-ring (bicyclic) bond motifs is 1. The van der Waals surface area contributed by atoms with Gasteiger partial charge in [0.1, 0.15) is 17.1 Å². The normalized spacial score (nSPS) is 22.5. The van der Waals surface area contributed by atoms with E-state index in [1.54, 1.807) is 18.2 Å². The average Bonchev–Trinajstić information content (AvgIpc) is 2.67. The van der Waals surface area contributed by atoms with Crippen LogP contribution in [0, 0.1) is 13.8 Å². The zero-order valence-corrected chi connectivity index (χ0v) is 16.6. The largest absolute Gasteiger partial charge is 0.508 e. The second kappa shape index (κ2) is 7.39. The Hall–Kier alpha value is -2.08. The number of ether oxygens (including phenoxy) is 1. The summed E-state index contributed by atoms with van der Waals surface area (Å²) in [5.74, 6) is 0.813. The van der Waals surface area contributed by atoms with E-state index in [1.807, 2.05) is 6.07 Å². The van der Waals surface area contributed by atoms with Crippen LogP contribution < -0.4 is 4.74 Å². The molecule has 2 aromatic rings. The quantitative estimate of drug-likeness (QED) is 0.758. The molecule has 0 bridgehead atoms. The molecule has 0 amide bonds. The third-order valence-corrected chi connectivity index (χ3v) is 6.36. The fourth-order valence-electron chi connectivity index (χ4n) is 4.40. The van der Waals surface area contributed by atoms with Gasteiger partial charge in [-0.2, -0.15) is 0 Å². The molecular formula is C23H29NO4. The fourth-order valence-corrected chi connectivity index (χ4v) is 4.40. The summed E-state index contributed by atoms with van der Waals surface area (Å²) in [6, 6.07) is 11.1. The standard InChI is InChI=1S/C23H29NO4/c1-15-3-4-17(11-16(15)2)21(27)14-24-9-7-23(8-10-24)13-20(26)19-12-18(25)5-6-22(19)28-23/h3-6,11-12,20-21,25-27H,7-10,13-14H2,1-2H3/t20-,21+/m1/s1. The van der Waals surface area contributed by atoms with Crippen LogP contribution in [0.1, 0.15) is 53.7 Å². The number of phenolic OH excluding ortho intramolecular Hbond substituents is 1. The lowest BCUT2D eigenvalue weighted by atomic mass is 9.81. The molecule has 3 N–H and O–H groups in total. The summed E-state index contributed by atoms with van der Waals surface area (Å²) in [5.41, 5.74) is 3.69. The van der Waals surface area contributed by atoms with Crippen molar-refractivity contribution in [1.29, 1.82) is 0 Å². The van der Waals surface area contributed by atoms with Crippen LogP contribution in [-0.2, 0) is 0 Å². The molecule has 1 saturated heterocycles. The molecule has 0 unspecified atom stereocenters. The van der Waals surface area contributed by atoms with Crippen LogP contribution in [0.15, 0.2) is 36.4 Å². The molecule has 4 rings (SSSR count). The molecule has 2 atom stereocenters. The highest BCUT2D eigenvalue weighted by Gasteiger charge is 2.43. The lowest BCUT2D eigenvalue weighted by Gasteiger charge is -2.46. The zero-order chi connectivity index (χ0) is 19.9. The van der Waals surface area contributed by atoms with Gasteiger partial charge in [0.15, 0.2) is 0 Å². The Morgan fingerprint density at radius 3 is 2.57 bits per heavy atom. The van der Waals surface area contributed by atoms with E-state index in [2.05, 4.69) is 30.9 Å². The number of phenols is 1. The minimum absolute atomic E-state index is 0.146. The summed E-state index contributed by atoms with van der Waals surface area (Å²) in [7, 11) is 0. The first kappa shape index (κ1) is 19.2. The van der Waals surface area contributed by atoms with Crippen molar-refractivity contribution in [3.63, 3.8) is 0 Å². The molecule has 2 aromatic carbocycles. The first-order chi connectivity index (χ1) is 13.3. The van der Waals surface area contributed by atoms with Crippen molar-refractivity contribution >= 4 is 0 Å². The van der Waals surface area contributed by atoms with Gasteiger partial charge in [-0.25, -0.2) is 0 Å². The van der Waals surface area contributed by atoms with Crippen molar-refractivity contribution in [2.75, 3.05) is 19.6 Å². The van der Waals surface area contributed by atoms with Crippen molar-refractivity contribution < 1.29 is 20.1 Å². The van der Waals surface area contributed by atoms with E-state index in [-0.39, 0.29) is 11.4 Å². The average molecular weight is 383 g/mol. The molecule has 0 aromatic heterocycles. The Morgan fingerprint density at radius 1 is 1.11 bits per heavy atom. The highest BCUT2D eigenvalue weighted by atomic mass is 16.5. The number of hydrogen-bond donors (Lipinski definition) is 3. The van der Waals surface area contributed by atoms with E-state index >= 15 is 0 Å². The smallest absolute Gasteiger partial charge is 0.126 e. The molecule has 5 nitrogen and oxygen atoms in total. The molecule has 0 radical (unpaired) electrons. The predicted octanol–water partition coefficient (Wildman–Crippen LogP) is 3.39. The van der Waals surface area contributed by atoms with E-state index < -0.39 is 12.2 Å². The minimum atomic E-state index is -0.622. The van der Waals surface area contributed by atoms with Crippen LogP contribution >= 0.6 is 0 Å². The Kier molecular flexibility index (Phi) is 5.08. The first-order valence-corrected chi connectivity index (χ1v) is 10.0. The molecule has 2 aliphatic heterocycles. The highest BCUT2D eigenvalue weighted by Crippen LogP contribution is 2.45. The summed E-state index contributed by atoms with van der Waals surface area (Å²) >= 11 is 0. The second-order valence-corrected chi connectivity index (χ2v) is 8.39. The number of rotatable bonds is 3. The molecule has 0 saturated carbocycles. The van der Waals surface area contributed by atoms with Crippen molar-refractivity contribution in [3.05, 3.63) is 58.7 Å². The topological polar surface area (TPSA) is 73.2 Å². The Labute approximate surface area is 166 Å². The summed E-state index contributed by atoms with van der Waals surface area (Å²) in [4.78, 5) is 2.27. The molecule has 150 valence electrons. The van der Waals surface area contributed by atoms with Gasteiger partial charge in [0.2, 0.25) is 0 Å². The summed E-state index contributed by atoms with van der Waals surface area (Å²) in [6.07, 6.45) is 1.03. The number of benzene rings is 2. The number of likely N-dealkylation sites (tertiary alicyclic amines) is 1. The SMILES string of the molecule is Cc1ccc([C@@H](O)CN2CCC3(CC2)C[C@@H](O)c2cc(O)ccc2O3)cc1C. The molecule has 5 heteroatoms. The molecule has 2 aliphatic rings. The summed E-state index contributed by atoms with van der Waals surface area (Å²) < 4.78 is 6.29. The van der Waals surface area contributed by atoms with Crippen molar-refractivity contribution in [1.82, 2.24) is 4.90 Å². The number of aromatic hydroxyl groups is 1.